The van der Waals surface area contributed by atoms with Gasteiger partial charge < -0.3 is 4.74 Å². The van der Waals surface area contributed by atoms with Crippen LogP contribution in [-0.2, 0) is 22.4 Å². The lowest BCUT2D eigenvalue weighted by molar-refractivity contribution is 0.0519. The van der Waals surface area contributed by atoms with E-state index in [-0.39, 0.29) is 12.3 Å². The maximum absolute atomic E-state index is 11.6. The van der Waals surface area contributed by atoms with Crippen LogP contribution >= 0.6 is 0 Å². The van der Waals surface area contributed by atoms with Crippen molar-refractivity contribution in [2.24, 2.45) is 0 Å². The van der Waals surface area contributed by atoms with Gasteiger partial charge in [-0.05, 0) is 6.92 Å². The SMILES string of the molecule is CCOC(=O)c1n[nH]c2c1C(=S=O)NCC2. The van der Waals surface area contributed by atoms with Crippen LogP contribution in [-0.4, -0.2) is 38.5 Å². The summed E-state index contributed by atoms with van der Waals surface area (Å²) in [7, 11) is 0. The predicted octanol–water partition coefficient (Wildman–Crippen LogP) is -0.577. The Bertz CT molecular complexity index is 476. The van der Waals surface area contributed by atoms with E-state index in [1.165, 1.54) is 0 Å². The van der Waals surface area contributed by atoms with Crippen molar-refractivity contribution in [1.82, 2.24) is 15.5 Å². The zero-order chi connectivity index (χ0) is 11.5. The fourth-order valence-corrected chi connectivity index (χ4v) is 2.08. The van der Waals surface area contributed by atoms with Crippen molar-refractivity contribution < 1.29 is 13.7 Å². The zero-order valence-corrected chi connectivity index (χ0v) is 9.52. The van der Waals surface area contributed by atoms with E-state index in [1.807, 2.05) is 0 Å². The Morgan fingerprint density at radius 1 is 1.62 bits per heavy atom. The molecular formula is C9H11N3O3S. The van der Waals surface area contributed by atoms with Crippen molar-refractivity contribution >= 4 is 22.2 Å². The summed E-state index contributed by atoms with van der Waals surface area (Å²) in [5.41, 5.74) is 1.55. The molecule has 0 aromatic carbocycles. The number of hydrogen-bond donors (Lipinski definition) is 2. The molecule has 0 spiro atoms. The number of ether oxygens (including phenoxy) is 1. The smallest absolute Gasteiger partial charge is 0.359 e. The van der Waals surface area contributed by atoms with Crippen molar-refractivity contribution in [3.63, 3.8) is 0 Å². The highest BCUT2D eigenvalue weighted by atomic mass is 32.1. The maximum Gasteiger partial charge on any atom is 0.359 e. The first-order chi connectivity index (χ1) is 7.77. The van der Waals surface area contributed by atoms with Gasteiger partial charge in [-0.3, -0.25) is 10.4 Å². The number of fused-ring (bicyclic) bond motifs is 1. The average Bonchev–Trinajstić information content (AvgIpc) is 2.72. The van der Waals surface area contributed by atoms with Crippen LogP contribution in [0.1, 0.15) is 28.7 Å². The quantitative estimate of drug-likeness (QED) is 0.535. The summed E-state index contributed by atoms with van der Waals surface area (Å²) in [6.07, 6.45) is 0.714. The molecule has 7 heteroatoms. The van der Waals surface area contributed by atoms with Gasteiger partial charge in [0.1, 0.15) is 16.2 Å². The first kappa shape index (κ1) is 11.0. The Hall–Kier alpha value is -1.47. The average molecular weight is 241 g/mol. The van der Waals surface area contributed by atoms with E-state index in [0.717, 1.165) is 5.69 Å². The minimum atomic E-state index is -0.504. The lowest BCUT2D eigenvalue weighted by atomic mass is 10.1. The number of aromatic amines is 1. The van der Waals surface area contributed by atoms with E-state index < -0.39 is 5.97 Å². The molecule has 0 unspecified atom stereocenters. The summed E-state index contributed by atoms with van der Waals surface area (Å²) < 4.78 is 15.8. The molecule has 0 aliphatic carbocycles. The molecule has 1 aromatic heterocycles. The van der Waals surface area contributed by atoms with Crippen LogP contribution in [0, 0.1) is 0 Å². The number of carbonyl (C=O) groups is 1. The van der Waals surface area contributed by atoms with Crippen LogP contribution < -0.4 is 5.32 Å². The van der Waals surface area contributed by atoms with Gasteiger partial charge in [0.25, 0.3) is 0 Å². The second kappa shape index (κ2) is 4.58. The number of nitrogens with zero attached hydrogens (tertiary/aromatic N) is 1. The molecule has 2 heterocycles. The number of carbonyl (C=O) groups excluding carboxylic acids is 1. The normalized spacial score (nSPS) is 14.4. The van der Waals surface area contributed by atoms with Crippen LogP contribution in [0.3, 0.4) is 0 Å². The van der Waals surface area contributed by atoms with Gasteiger partial charge in [0.2, 0.25) is 0 Å². The van der Waals surface area contributed by atoms with Crippen LogP contribution in [0.15, 0.2) is 0 Å². The van der Waals surface area contributed by atoms with Crippen molar-refractivity contribution in [3.8, 4) is 0 Å². The van der Waals surface area contributed by atoms with E-state index in [1.54, 1.807) is 6.92 Å². The number of nitrogens with one attached hydrogen (secondary N) is 2. The van der Waals surface area contributed by atoms with Crippen molar-refractivity contribution in [3.05, 3.63) is 17.0 Å². The van der Waals surface area contributed by atoms with E-state index in [2.05, 4.69) is 15.5 Å². The fraction of sp³-hybridized carbons (Fsp3) is 0.444. The molecule has 86 valence electrons. The highest BCUT2D eigenvalue weighted by Gasteiger charge is 2.26. The number of aromatic nitrogens is 2. The molecule has 0 fully saturated rings. The summed E-state index contributed by atoms with van der Waals surface area (Å²) in [6, 6.07) is 0. The van der Waals surface area contributed by atoms with E-state index in [9.17, 15) is 9.00 Å². The van der Waals surface area contributed by atoms with Gasteiger partial charge in [-0.15, -0.1) is 0 Å². The molecule has 0 saturated heterocycles. The Balaban J connectivity index is 2.45. The Morgan fingerprint density at radius 3 is 3.12 bits per heavy atom. The molecule has 0 saturated carbocycles. The summed E-state index contributed by atoms with van der Waals surface area (Å²) in [5, 5.41) is 9.62. The molecule has 1 aliphatic rings. The first-order valence-corrected chi connectivity index (χ1v) is 5.67. The summed E-state index contributed by atoms with van der Waals surface area (Å²) in [6.45, 7) is 2.68. The molecule has 2 rings (SSSR count). The van der Waals surface area contributed by atoms with Gasteiger partial charge in [0.05, 0.1) is 12.2 Å². The van der Waals surface area contributed by atoms with Gasteiger partial charge in [-0.25, -0.2) is 9.00 Å². The van der Waals surface area contributed by atoms with E-state index in [0.29, 0.717) is 34.8 Å². The highest BCUT2D eigenvalue weighted by molar-refractivity contribution is 7.67. The maximum atomic E-state index is 11.6. The number of rotatable bonds is 2. The lowest BCUT2D eigenvalue weighted by Gasteiger charge is -2.13. The van der Waals surface area contributed by atoms with Crippen LogP contribution in [0.25, 0.3) is 0 Å². The molecule has 1 aromatic rings. The largest absolute Gasteiger partial charge is 0.461 e. The molecular weight excluding hydrogens is 230 g/mol. The third-order valence-electron chi connectivity index (χ3n) is 2.28. The van der Waals surface area contributed by atoms with Crippen LogP contribution in [0.4, 0.5) is 0 Å². The van der Waals surface area contributed by atoms with Crippen molar-refractivity contribution in [2.45, 2.75) is 13.3 Å². The molecule has 0 bridgehead atoms. The van der Waals surface area contributed by atoms with Gasteiger partial charge in [0.15, 0.2) is 5.69 Å². The van der Waals surface area contributed by atoms with Crippen molar-refractivity contribution in [2.75, 3.05) is 13.2 Å². The lowest BCUT2D eigenvalue weighted by Crippen LogP contribution is -2.33. The minimum absolute atomic E-state index is 0.183. The van der Waals surface area contributed by atoms with Gasteiger partial charge in [0, 0.05) is 18.7 Å². The van der Waals surface area contributed by atoms with Crippen LogP contribution in [0.2, 0.25) is 0 Å². The molecule has 16 heavy (non-hydrogen) atoms. The number of H-pyrrole nitrogens is 1. The van der Waals surface area contributed by atoms with E-state index >= 15 is 0 Å². The van der Waals surface area contributed by atoms with Gasteiger partial charge in [-0.2, -0.15) is 5.10 Å². The molecule has 1 aliphatic heterocycles. The van der Waals surface area contributed by atoms with Gasteiger partial charge >= 0.3 is 5.97 Å². The topological polar surface area (TPSA) is 84.1 Å². The minimum Gasteiger partial charge on any atom is -0.461 e. The summed E-state index contributed by atoms with van der Waals surface area (Å²) in [4.78, 5) is 12.0. The molecule has 0 amide bonds. The summed E-state index contributed by atoms with van der Waals surface area (Å²) >= 11 is 0.330. The molecule has 2 N–H and O–H groups in total. The molecule has 6 nitrogen and oxygen atoms in total. The Morgan fingerprint density at radius 2 is 2.44 bits per heavy atom. The molecule has 0 radical (unpaired) electrons. The second-order valence-electron chi connectivity index (χ2n) is 3.24. The van der Waals surface area contributed by atoms with E-state index in [4.69, 9.17) is 4.74 Å². The fourth-order valence-electron chi connectivity index (χ4n) is 1.61. The van der Waals surface area contributed by atoms with Gasteiger partial charge in [-0.1, -0.05) is 0 Å². The second-order valence-corrected chi connectivity index (χ2v) is 3.81. The van der Waals surface area contributed by atoms with Crippen molar-refractivity contribution in [1.29, 1.82) is 0 Å². The number of esters is 1. The predicted molar refractivity (Wildman–Crippen MR) is 58.5 cm³/mol. The zero-order valence-electron chi connectivity index (χ0n) is 8.70. The Labute approximate surface area is 95.4 Å². The summed E-state index contributed by atoms with van der Waals surface area (Å²) in [5.74, 6) is -0.504. The highest BCUT2D eigenvalue weighted by Crippen LogP contribution is 2.16. The molecule has 0 atom stereocenters. The third kappa shape index (κ3) is 1.79. The van der Waals surface area contributed by atoms with Crippen LogP contribution in [0.5, 0.6) is 0 Å². The standard InChI is InChI=1S/C9H11N3O3S/c1-2-15-9(13)7-6-5(11-12-7)3-4-10-8(6)16-14/h10H,2-4H2,1H3,(H,11,12). The first-order valence-electron chi connectivity index (χ1n) is 4.93. The third-order valence-corrected chi connectivity index (χ3v) is 2.80. The monoisotopic (exact) mass is 241 g/mol. The Kier molecular flexibility index (Phi) is 3.16. The number of hydrogen-bond acceptors (Lipinski definition) is 4.